The first-order valence-electron chi connectivity index (χ1n) is 14.3. The number of benzene rings is 2. The number of phenolic OH excluding ortho intramolecular Hbond substituents is 1. The van der Waals surface area contributed by atoms with E-state index in [9.17, 15) is 28.2 Å². The highest BCUT2D eigenvalue weighted by Crippen LogP contribution is 2.61. The van der Waals surface area contributed by atoms with Crippen LogP contribution in [0.25, 0.3) is 0 Å². The van der Waals surface area contributed by atoms with Gasteiger partial charge in [0.05, 0.1) is 18.3 Å². The highest BCUT2D eigenvalue weighted by atomic mass is 19.4. The number of aromatic hydroxyl groups is 1. The molecular formula is C32H35F3N2O4. The second-order valence-corrected chi connectivity index (χ2v) is 12.2. The number of hydrogen-bond acceptors (Lipinski definition) is 5. The van der Waals surface area contributed by atoms with E-state index in [4.69, 9.17) is 4.74 Å². The summed E-state index contributed by atoms with van der Waals surface area (Å²) in [5.41, 5.74) is -0.286. The zero-order chi connectivity index (χ0) is 29.2. The Bertz CT molecular complexity index is 1410. The summed E-state index contributed by atoms with van der Waals surface area (Å²) < 4.78 is 44.4. The Balaban J connectivity index is 1.30. The van der Waals surface area contributed by atoms with E-state index in [1.54, 1.807) is 18.0 Å². The summed E-state index contributed by atoms with van der Waals surface area (Å²) in [7, 11) is 3.23. The molecule has 1 saturated heterocycles. The maximum Gasteiger partial charge on any atom is 0.416 e. The van der Waals surface area contributed by atoms with Gasteiger partial charge in [-0.1, -0.05) is 12.0 Å². The number of hydrogen-bond donors (Lipinski definition) is 2. The predicted molar refractivity (Wildman–Crippen MR) is 146 cm³/mol. The number of alkyl halides is 3. The van der Waals surface area contributed by atoms with E-state index in [2.05, 4.69) is 16.7 Å². The molecule has 218 valence electrons. The average molecular weight is 569 g/mol. The van der Waals surface area contributed by atoms with Crippen molar-refractivity contribution in [3.05, 3.63) is 58.7 Å². The normalized spacial score (nSPS) is 29.0. The van der Waals surface area contributed by atoms with Crippen LogP contribution >= 0.6 is 0 Å². The molecule has 9 heteroatoms. The zero-order valence-corrected chi connectivity index (χ0v) is 23.3. The van der Waals surface area contributed by atoms with Gasteiger partial charge in [0.25, 0.3) is 5.91 Å². The Morgan fingerprint density at radius 3 is 2.54 bits per heavy atom. The number of likely N-dealkylation sites (tertiary alicyclic amines) is 1. The van der Waals surface area contributed by atoms with E-state index in [-0.39, 0.29) is 17.8 Å². The maximum absolute atomic E-state index is 13.2. The molecule has 2 N–H and O–H groups in total. The van der Waals surface area contributed by atoms with Gasteiger partial charge in [-0.3, -0.25) is 9.69 Å². The number of aliphatic hydroxyl groups is 1. The van der Waals surface area contributed by atoms with E-state index >= 15 is 0 Å². The fourth-order valence-corrected chi connectivity index (χ4v) is 7.67. The summed E-state index contributed by atoms with van der Waals surface area (Å²) in [6.07, 6.45) is 0.951. The van der Waals surface area contributed by atoms with Crippen molar-refractivity contribution in [2.45, 2.75) is 74.2 Å². The molecule has 4 atom stereocenters. The van der Waals surface area contributed by atoms with Crippen molar-refractivity contribution in [1.29, 1.82) is 0 Å². The van der Waals surface area contributed by atoms with Crippen LogP contribution in [0.2, 0.25) is 0 Å². The summed E-state index contributed by atoms with van der Waals surface area (Å²) in [5, 5.41) is 23.4. The van der Waals surface area contributed by atoms with Crippen molar-refractivity contribution in [3.8, 4) is 23.3 Å². The van der Waals surface area contributed by atoms with Gasteiger partial charge in [0.1, 0.15) is 0 Å². The van der Waals surface area contributed by atoms with E-state index in [0.717, 1.165) is 36.3 Å². The quantitative estimate of drug-likeness (QED) is 0.532. The number of amides is 1. The van der Waals surface area contributed by atoms with Crippen molar-refractivity contribution in [2.24, 2.45) is 5.92 Å². The van der Waals surface area contributed by atoms with Crippen LogP contribution in [0.1, 0.15) is 60.8 Å². The number of nitrogens with zero attached hydrogens (tertiary/aromatic N) is 2. The molecule has 1 heterocycles. The molecule has 1 amide bonds. The highest BCUT2D eigenvalue weighted by molar-refractivity contribution is 5.94. The third kappa shape index (κ3) is 4.65. The van der Waals surface area contributed by atoms with Crippen molar-refractivity contribution in [1.82, 2.24) is 9.80 Å². The summed E-state index contributed by atoms with van der Waals surface area (Å²) in [5.74, 6) is 5.98. The molecule has 2 bridgehead atoms. The minimum atomic E-state index is -4.44. The Morgan fingerprint density at radius 2 is 1.88 bits per heavy atom. The number of carbonyl (C=O) groups is 1. The van der Waals surface area contributed by atoms with Crippen molar-refractivity contribution in [3.63, 3.8) is 0 Å². The highest BCUT2D eigenvalue weighted by Gasteiger charge is 2.66. The standard InChI is InChI=1S/C32H35F3N2O4/c1-36(27(39)12-7-20-5-9-23(10-6-20)32(33,34)35)24-13-14-31(40)26-17-22-8-11-25(38)29(41-2)28(22)30(31,18-24)15-16-37(26)19-21-3-4-21/h5-6,8-11,21,24,26,38,40H,3-4,13-19H2,1-2H3/t24-,26-,30-,31-/m1/s1. The Hall–Kier alpha value is -3.22. The van der Waals surface area contributed by atoms with Gasteiger partial charge < -0.3 is 19.8 Å². The first-order valence-corrected chi connectivity index (χ1v) is 14.3. The lowest BCUT2D eigenvalue weighted by Gasteiger charge is -2.65. The second-order valence-electron chi connectivity index (χ2n) is 12.2. The Labute approximate surface area is 238 Å². The lowest BCUT2D eigenvalue weighted by atomic mass is 9.48. The summed E-state index contributed by atoms with van der Waals surface area (Å²) in [6.45, 7) is 1.80. The molecule has 0 spiro atoms. The zero-order valence-electron chi connectivity index (χ0n) is 23.3. The molecular weight excluding hydrogens is 533 g/mol. The molecule has 6 rings (SSSR count). The number of fused-ring (bicyclic) bond motifs is 1. The first-order chi connectivity index (χ1) is 19.5. The van der Waals surface area contributed by atoms with E-state index < -0.39 is 28.7 Å². The first kappa shape index (κ1) is 27.9. The van der Waals surface area contributed by atoms with Crippen LogP contribution in [-0.4, -0.2) is 70.9 Å². The van der Waals surface area contributed by atoms with Gasteiger partial charge >= 0.3 is 6.18 Å². The molecule has 1 aliphatic heterocycles. The molecule has 6 nitrogen and oxygen atoms in total. The summed E-state index contributed by atoms with van der Waals surface area (Å²) >= 11 is 0. The fraction of sp³-hybridized carbons (Fsp3) is 0.531. The van der Waals surface area contributed by atoms with Crippen LogP contribution in [0.3, 0.4) is 0 Å². The number of ether oxygens (including phenoxy) is 1. The SMILES string of the molecule is COc1c(O)ccc2c1[C@]13CCN(CC4CC4)[C@H](C2)[C@]1(O)CC[C@@H](N(C)C(=O)C#Cc1ccc(C(F)(F)F)cc1)C3. The number of methoxy groups -OCH3 is 1. The molecule has 2 saturated carbocycles. The summed E-state index contributed by atoms with van der Waals surface area (Å²) in [6, 6.07) is 7.75. The molecule has 0 radical (unpaired) electrons. The minimum Gasteiger partial charge on any atom is -0.504 e. The van der Waals surface area contributed by atoms with Gasteiger partial charge in [0.15, 0.2) is 11.5 Å². The average Bonchev–Trinajstić information content (AvgIpc) is 3.76. The predicted octanol–water partition coefficient (Wildman–Crippen LogP) is 4.49. The number of halogens is 3. The van der Waals surface area contributed by atoms with Crippen LogP contribution in [-0.2, 0) is 22.8 Å². The number of carbonyl (C=O) groups excluding carboxylic acids is 1. The fourth-order valence-electron chi connectivity index (χ4n) is 7.67. The van der Waals surface area contributed by atoms with Crippen LogP contribution in [0.5, 0.6) is 11.5 Å². The van der Waals surface area contributed by atoms with Crippen molar-refractivity contribution in [2.75, 3.05) is 27.2 Å². The maximum atomic E-state index is 13.2. The van der Waals surface area contributed by atoms with Crippen LogP contribution < -0.4 is 4.74 Å². The minimum absolute atomic E-state index is 0.0378. The largest absolute Gasteiger partial charge is 0.504 e. The monoisotopic (exact) mass is 568 g/mol. The van der Waals surface area contributed by atoms with Crippen LogP contribution in [0.4, 0.5) is 13.2 Å². The number of rotatable bonds is 4. The topological polar surface area (TPSA) is 73.2 Å². The lowest BCUT2D eigenvalue weighted by molar-refractivity contribution is -0.178. The van der Waals surface area contributed by atoms with E-state index in [0.29, 0.717) is 49.3 Å². The second kappa shape index (κ2) is 9.95. The molecule has 0 aromatic heterocycles. The molecule has 3 aliphatic carbocycles. The molecule has 2 aromatic carbocycles. The van der Waals surface area contributed by atoms with E-state index in [1.165, 1.54) is 32.1 Å². The van der Waals surface area contributed by atoms with Gasteiger partial charge in [-0.15, -0.1) is 0 Å². The van der Waals surface area contributed by atoms with Gasteiger partial charge in [0, 0.05) is 48.1 Å². The van der Waals surface area contributed by atoms with Crippen molar-refractivity contribution < 1.29 is 32.9 Å². The van der Waals surface area contributed by atoms with Gasteiger partial charge in [-0.2, -0.15) is 13.2 Å². The van der Waals surface area contributed by atoms with Gasteiger partial charge in [-0.25, -0.2) is 0 Å². The molecule has 2 aromatic rings. The number of piperidine rings is 1. The summed E-state index contributed by atoms with van der Waals surface area (Å²) in [4.78, 5) is 17.3. The third-order valence-corrected chi connectivity index (χ3v) is 9.99. The third-order valence-electron chi connectivity index (χ3n) is 9.99. The van der Waals surface area contributed by atoms with Crippen molar-refractivity contribution >= 4 is 5.91 Å². The Morgan fingerprint density at radius 1 is 1.15 bits per heavy atom. The molecule has 41 heavy (non-hydrogen) atoms. The van der Waals surface area contributed by atoms with Crippen LogP contribution in [0.15, 0.2) is 36.4 Å². The molecule has 0 unspecified atom stereocenters. The molecule has 4 aliphatic rings. The van der Waals surface area contributed by atoms with Crippen LogP contribution in [0, 0.1) is 17.8 Å². The Kier molecular flexibility index (Phi) is 6.78. The number of phenols is 1. The lowest BCUT2D eigenvalue weighted by Crippen LogP contribution is -2.74. The van der Waals surface area contributed by atoms with E-state index in [1.807, 2.05) is 6.07 Å². The van der Waals surface area contributed by atoms with Gasteiger partial charge in [0.2, 0.25) is 0 Å². The molecule has 3 fully saturated rings. The van der Waals surface area contributed by atoms with Gasteiger partial charge in [-0.05, 0) is 93.3 Å². The smallest absolute Gasteiger partial charge is 0.416 e.